The van der Waals surface area contributed by atoms with Crippen molar-refractivity contribution in [1.29, 1.82) is 0 Å². The summed E-state index contributed by atoms with van der Waals surface area (Å²) in [5, 5.41) is 10.4. The minimum absolute atomic E-state index is 0.00680. The Morgan fingerprint density at radius 1 is 0.317 bits per heavy atom. The van der Waals surface area contributed by atoms with Crippen molar-refractivity contribution in [2.45, 2.75) is 53.1 Å². The monoisotopic (exact) mass is 772 g/mol. The fourth-order valence-corrected chi connectivity index (χ4v) is 10.1. The quantitative estimate of drug-likeness (QED) is 0.149. The van der Waals surface area contributed by atoms with Crippen LogP contribution >= 0.6 is 0 Å². The zero-order valence-electron chi connectivity index (χ0n) is 35.1. The van der Waals surface area contributed by atoms with E-state index in [1.54, 1.807) is 0 Å². The van der Waals surface area contributed by atoms with Crippen LogP contribution in [0.4, 0.5) is 0 Å². The molecule has 0 saturated carbocycles. The molecule has 0 atom stereocenters. The van der Waals surface area contributed by atoms with E-state index in [2.05, 4.69) is 220 Å². The van der Waals surface area contributed by atoms with E-state index in [-0.39, 0.29) is 5.41 Å². The van der Waals surface area contributed by atoms with Crippen LogP contribution in [0.15, 0.2) is 176 Å². The fraction of sp³-hybridized carbons (Fsp3) is 0.138. The van der Waals surface area contributed by atoms with Gasteiger partial charge in [0, 0.05) is 56.7 Å². The predicted molar refractivity (Wildman–Crippen MR) is 259 cm³/mol. The van der Waals surface area contributed by atoms with Gasteiger partial charge in [-0.3, -0.25) is 0 Å². The van der Waals surface area contributed by atoms with Crippen molar-refractivity contribution < 1.29 is 0 Å². The van der Waals surface area contributed by atoms with Crippen LogP contribution < -0.4 is 0 Å². The molecule has 0 fully saturated rings. The van der Waals surface area contributed by atoms with Gasteiger partial charge in [-0.25, -0.2) is 0 Å². The lowest BCUT2D eigenvalue weighted by molar-refractivity contribution is 0.591. The third-order valence-electron chi connectivity index (χ3n) is 13.1. The van der Waals surface area contributed by atoms with Crippen molar-refractivity contribution in [3.05, 3.63) is 181 Å². The highest BCUT2D eigenvalue weighted by Gasteiger charge is 2.21. The van der Waals surface area contributed by atoms with Gasteiger partial charge >= 0.3 is 0 Å². The summed E-state index contributed by atoms with van der Waals surface area (Å²) in [6.45, 7) is 13.3. The van der Waals surface area contributed by atoms with E-state index >= 15 is 0 Å². The molecule has 0 amide bonds. The highest BCUT2D eigenvalue weighted by atomic mass is 15.0. The number of para-hydroxylation sites is 2. The number of hydrogen-bond donors (Lipinski definition) is 0. The maximum atomic E-state index is 2.46. The Labute approximate surface area is 352 Å². The molecule has 0 aliphatic rings. The summed E-state index contributed by atoms with van der Waals surface area (Å²) in [4.78, 5) is 0. The largest absolute Gasteiger partial charge is 0.341 e. The number of rotatable bonds is 6. The van der Waals surface area contributed by atoms with Gasteiger partial charge in [0.25, 0.3) is 0 Å². The molecule has 9 aromatic carbocycles. The van der Waals surface area contributed by atoms with Gasteiger partial charge in [-0.05, 0) is 133 Å². The molecule has 0 aliphatic heterocycles. The number of aryl methyl sites for hydroxylation is 2. The van der Waals surface area contributed by atoms with E-state index < -0.39 is 0 Å². The summed E-state index contributed by atoms with van der Waals surface area (Å²) in [6.07, 6.45) is 0. The summed E-state index contributed by atoms with van der Waals surface area (Å²) in [5.74, 6) is 0. The standard InChI is InChI=1S/C58H48N2/c1-6-59-52-18-12-10-14-44(52)49-34-41(28-32-54(49)59)37-20-24-39(25-21-37)56-46-16-8-9-17-47(46)57(51-36-43(58(3,4)5)30-31-48(51)56)40-26-22-38(23-27-40)42-29-33-55-50(35-42)45-15-11-13-19-53(45)60(55)7-2/h8-36H,6-7H2,1-5H3. The molecule has 2 aromatic heterocycles. The summed E-state index contributed by atoms with van der Waals surface area (Å²) in [6, 6.07) is 66.3. The second kappa shape index (κ2) is 13.9. The van der Waals surface area contributed by atoms with Crippen molar-refractivity contribution in [2.75, 3.05) is 0 Å². The van der Waals surface area contributed by atoms with Crippen molar-refractivity contribution in [3.63, 3.8) is 0 Å². The highest BCUT2D eigenvalue weighted by Crippen LogP contribution is 2.46. The molecule has 2 heteroatoms. The molecule has 0 N–H and O–H groups in total. The maximum Gasteiger partial charge on any atom is 0.0491 e. The topological polar surface area (TPSA) is 9.86 Å². The van der Waals surface area contributed by atoms with Crippen LogP contribution in [0.2, 0.25) is 0 Å². The summed E-state index contributed by atoms with van der Waals surface area (Å²) in [5.41, 5.74) is 16.5. The number of fused-ring (bicyclic) bond motifs is 8. The molecule has 0 radical (unpaired) electrons. The van der Waals surface area contributed by atoms with Gasteiger partial charge in [0.2, 0.25) is 0 Å². The van der Waals surface area contributed by atoms with Gasteiger partial charge in [-0.1, -0.05) is 154 Å². The van der Waals surface area contributed by atoms with E-state index in [0.29, 0.717) is 0 Å². The van der Waals surface area contributed by atoms with Crippen LogP contribution in [0, 0.1) is 0 Å². The van der Waals surface area contributed by atoms with E-state index in [4.69, 9.17) is 0 Å². The molecule has 11 aromatic rings. The summed E-state index contributed by atoms with van der Waals surface area (Å²) < 4.78 is 4.84. The predicted octanol–water partition coefficient (Wildman–Crippen LogP) is 16.2. The average Bonchev–Trinajstić information content (AvgIpc) is 3.79. The SMILES string of the molecule is CCn1c2ccccc2c2cc(-c3ccc(-c4c5ccccc5c(-c5ccc(-c6ccc7c(c6)c6ccccc6n7CC)cc5)c5cc(C(C)(C)C)ccc45)cc3)ccc21. The van der Waals surface area contributed by atoms with E-state index in [1.807, 2.05) is 0 Å². The number of hydrogen-bond acceptors (Lipinski definition) is 0. The Bertz CT molecular complexity index is 3460. The minimum Gasteiger partial charge on any atom is -0.341 e. The maximum absolute atomic E-state index is 2.46. The van der Waals surface area contributed by atoms with Crippen LogP contribution in [0.5, 0.6) is 0 Å². The molecule has 0 saturated heterocycles. The van der Waals surface area contributed by atoms with Gasteiger partial charge in [-0.15, -0.1) is 0 Å². The van der Waals surface area contributed by atoms with Gasteiger partial charge in [0.05, 0.1) is 0 Å². The normalized spacial score (nSPS) is 12.2. The molecule has 0 unspecified atom stereocenters. The summed E-state index contributed by atoms with van der Waals surface area (Å²) >= 11 is 0. The minimum atomic E-state index is 0.00680. The lowest BCUT2D eigenvalue weighted by Gasteiger charge is -2.23. The van der Waals surface area contributed by atoms with Gasteiger partial charge in [0.15, 0.2) is 0 Å². The second-order valence-corrected chi connectivity index (χ2v) is 17.4. The van der Waals surface area contributed by atoms with Gasteiger partial charge in [0.1, 0.15) is 0 Å². The van der Waals surface area contributed by atoms with E-state index in [9.17, 15) is 0 Å². The average molecular weight is 773 g/mol. The van der Waals surface area contributed by atoms with Crippen LogP contribution in [-0.4, -0.2) is 9.13 Å². The van der Waals surface area contributed by atoms with Crippen molar-refractivity contribution >= 4 is 65.2 Å². The molecule has 2 nitrogen and oxygen atoms in total. The first-order valence-corrected chi connectivity index (χ1v) is 21.5. The first-order chi connectivity index (χ1) is 29.3. The molecule has 290 valence electrons. The highest BCUT2D eigenvalue weighted by molar-refractivity contribution is 6.21. The second-order valence-electron chi connectivity index (χ2n) is 17.4. The lowest BCUT2D eigenvalue weighted by atomic mass is 9.81. The molecule has 11 rings (SSSR count). The van der Waals surface area contributed by atoms with Crippen molar-refractivity contribution in [2.24, 2.45) is 0 Å². The molecular weight excluding hydrogens is 725 g/mol. The lowest BCUT2D eigenvalue weighted by Crippen LogP contribution is -2.10. The van der Waals surface area contributed by atoms with Crippen LogP contribution in [0.3, 0.4) is 0 Å². The number of aromatic nitrogens is 2. The molecule has 0 spiro atoms. The van der Waals surface area contributed by atoms with E-state index in [1.165, 1.54) is 115 Å². The first-order valence-electron chi connectivity index (χ1n) is 21.5. The zero-order valence-corrected chi connectivity index (χ0v) is 35.1. The Morgan fingerprint density at radius 3 is 1.13 bits per heavy atom. The Hall–Kier alpha value is -6.90. The first kappa shape index (κ1) is 36.2. The third-order valence-corrected chi connectivity index (χ3v) is 13.1. The molecule has 0 bridgehead atoms. The third kappa shape index (κ3) is 5.62. The zero-order chi connectivity index (χ0) is 40.7. The molecule has 2 heterocycles. The number of benzene rings is 9. The molecular formula is C58H48N2. The van der Waals surface area contributed by atoms with Gasteiger partial charge in [-0.2, -0.15) is 0 Å². The van der Waals surface area contributed by atoms with Crippen LogP contribution in [-0.2, 0) is 18.5 Å². The van der Waals surface area contributed by atoms with Crippen molar-refractivity contribution in [3.8, 4) is 44.5 Å². The Kier molecular flexibility index (Phi) is 8.36. The smallest absolute Gasteiger partial charge is 0.0491 e. The van der Waals surface area contributed by atoms with Crippen LogP contribution in [0.1, 0.15) is 40.2 Å². The molecule has 60 heavy (non-hydrogen) atoms. The summed E-state index contributed by atoms with van der Waals surface area (Å²) in [7, 11) is 0. The molecule has 0 aliphatic carbocycles. The fourth-order valence-electron chi connectivity index (χ4n) is 10.1. The number of nitrogens with zero attached hydrogens (tertiary/aromatic N) is 2. The Balaban J connectivity index is 1.04. The van der Waals surface area contributed by atoms with E-state index in [0.717, 1.165) is 13.1 Å². The van der Waals surface area contributed by atoms with Gasteiger partial charge < -0.3 is 9.13 Å². The Morgan fingerprint density at radius 2 is 0.683 bits per heavy atom. The van der Waals surface area contributed by atoms with Crippen LogP contribution in [0.25, 0.3) is 110 Å². The van der Waals surface area contributed by atoms with Crippen molar-refractivity contribution in [1.82, 2.24) is 9.13 Å².